The summed E-state index contributed by atoms with van der Waals surface area (Å²) in [6.45, 7) is 2.66. The molecule has 128 valence electrons. The van der Waals surface area contributed by atoms with E-state index in [1.807, 2.05) is 0 Å². The van der Waals surface area contributed by atoms with E-state index in [-0.39, 0.29) is 40.3 Å². The first-order chi connectivity index (χ1) is 12.1. The van der Waals surface area contributed by atoms with Crippen LogP contribution < -0.4 is 5.32 Å². The molecule has 1 aromatic heterocycles. The highest BCUT2D eigenvalue weighted by Gasteiger charge is 2.38. The fraction of sp³-hybridized carbons (Fsp3) is 0.316. The number of nitrogens with one attached hydrogen (secondary N) is 1. The van der Waals surface area contributed by atoms with Crippen LogP contribution in [0.4, 0.5) is 0 Å². The van der Waals surface area contributed by atoms with E-state index in [1.54, 1.807) is 31.2 Å². The van der Waals surface area contributed by atoms with Crippen LogP contribution in [0.25, 0.3) is 0 Å². The third kappa shape index (κ3) is 2.49. The molecule has 1 atom stereocenters. The van der Waals surface area contributed by atoms with Crippen LogP contribution in [0.15, 0.2) is 28.7 Å². The van der Waals surface area contributed by atoms with Crippen LogP contribution in [0.2, 0.25) is 0 Å². The summed E-state index contributed by atoms with van der Waals surface area (Å²) in [7, 11) is 0. The summed E-state index contributed by atoms with van der Waals surface area (Å²) in [4.78, 5) is 38.1. The SMILES string of the molecule is Cc1oc2c(c1C(=O)NC[C@H]1CCCO1)C(=O)c1ccccc1C2=O. The molecular formula is C19H17NO5. The van der Waals surface area contributed by atoms with Gasteiger partial charge in [-0.15, -0.1) is 0 Å². The number of carbonyl (C=O) groups excluding carboxylic acids is 3. The van der Waals surface area contributed by atoms with Crippen LogP contribution in [0, 0.1) is 6.92 Å². The predicted octanol–water partition coefficient (Wildman–Crippen LogP) is 2.27. The van der Waals surface area contributed by atoms with Gasteiger partial charge in [0.25, 0.3) is 5.91 Å². The second kappa shape index (κ2) is 5.97. The zero-order valence-electron chi connectivity index (χ0n) is 13.8. The summed E-state index contributed by atoms with van der Waals surface area (Å²) in [6, 6.07) is 6.57. The Hall–Kier alpha value is -2.73. The molecule has 0 radical (unpaired) electrons. The maximum absolute atomic E-state index is 12.8. The lowest BCUT2D eigenvalue weighted by Gasteiger charge is -2.14. The van der Waals surface area contributed by atoms with Crippen LogP contribution >= 0.6 is 0 Å². The molecule has 4 rings (SSSR count). The molecule has 1 amide bonds. The molecule has 6 nitrogen and oxygen atoms in total. The summed E-state index contributed by atoms with van der Waals surface area (Å²) in [5, 5.41) is 2.79. The largest absolute Gasteiger partial charge is 0.456 e. The monoisotopic (exact) mass is 339 g/mol. The van der Waals surface area contributed by atoms with E-state index in [9.17, 15) is 14.4 Å². The third-order valence-electron chi connectivity index (χ3n) is 4.68. The predicted molar refractivity (Wildman–Crippen MR) is 88.1 cm³/mol. The molecule has 1 fully saturated rings. The zero-order chi connectivity index (χ0) is 17.6. The lowest BCUT2D eigenvalue weighted by Crippen LogP contribution is -2.33. The molecule has 0 saturated carbocycles. The van der Waals surface area contributed by atoms with Crippen molar-refractivity contribution in [1.29, 1.82) is 0 Å². The first-order valence-electron chi connectivity index (χ1n) is 8.29. The number of ether oxygens (including phenoxy) is 1. The van der Waals surface area contributed by atoms with Crippen molar-refractivity contribution < 1.29 is 23.5 Å². The highest BCUT2D eigenvalue weighted by Crippen LogP contribution is 2.33. The van der Waals surface area contributed by atoms with Gasteiger partial charge in [0, 0.05) is 24.3 Å². The van der Waals surface area contributed by atoms with Gasteiger partial charge >= 0.3 is 0 Å². The van der Waals surface area contributed by atoms with Crippen LogP contribution in [-0.4, -0.2) is 36.7 Å². The average molecular weight is 339 g/mol. The quantitative estimate of drug-likeness (QED) is 0.791. The third-order valence-corrected chi connectivity index (χ3v) is 4.68. The normalized spacial score (nSPS) is 18.8. The van der Waals surface area contributed by atoms with Gasteiger partial charge in [-0.3, -0.25) is 14.4 Å². The highest BCUT2D eigenvalue weighted by molar-refractivity contribution is 6.30. The minimum absolute atomic E-state index is 0.00922. The van der Waals surface area contributed by atoms with E-state index in [2.05, 4.69) is 5.32 Å². The standard InChI is InChI=1S/C19H17NO5/c1-10-14(19(23)20-9-11-5-4-8-24-11)15-16(21)12-6-2-3-7-13(12)17(22)18(15)25-10/h2-3,6-7,11H,4-5,8-9H2,1H3,(H,20,23)/t11-/m1/s1. The number of ketones is 2. The molecule has 2 aromatic rings. The highest BCUT2D eigenvalue weighted by atomic mass is 16.5. The van der Waals surface area contributed by atoms with Gasteiger partial charge in [-0.1, -0.05) is 24.3 Å². The number of rotatable bonds is 3. The van der Waals surface area contributed by atoms with Gasteiger partial charge in [0.15, 0.2) is 11.5 Å². The molecule has 0 bridgehead atoms. The molecule has 2 heterocycles. The van der Waals surface area contributed by atoms with Gasteiger partial charge in [-0.05, 0) is 19.8 Å². The van der Waals surface area contributed by atoms with Crippen molar-refractivity contribution >= 4 is 17.5 Å². The Bertz CT molecular complexity index is 889. The van der Waals surface area contributed by atoms with E-state index < -0.39 is 5.91 Å². The van der Waals surface area contributed by atoms with Crippen LogP contribution in [0.1, 0.15) is 61.0 Å². The second-order valence-corrected chi connectivity index (χ2v) is 6.29. The Labute approximate surface area is 144 Å². The summed E-state index contributed by atoms with van der Waals surface area (Å²) in [5.74, 6) is -0.929. The zero-order valence-corrected chi connectivity index (χ0v) is 13.8. The van der Waals surface area contributed by atoms with Gasteiger partial charge in [-0.25, -0.2) is 0 Å². The van der Waals surface area contributed by atoms with Crippen molar-refractivity contribution in [1.82, 2.24) is 5.32 Å². The number of benzene rings is 1. The fourth-order valence-electron chi connectivity index (χ4n) is 3.43. The Morgan fingerprint density at radius 1 is 1.20 bits per heavy atom. The summed E-state index contributed by atoms with van der Waals surface area (Å²) in [5.41, 5.74) is 0.806. The van der Waals surface area contributed by atoms with E-state index in [4.69, 9.17) is 9.15 Å². The van der Waals surface area contributed by atoms with Crippen LogP contribution in [-0.2, 0) is 4.74 Å². The maximum atomic E-state index is 12.8. The topological polar surface area (TPSA) is 85.6 Å². The second-order valence-electron chi connectivity index (χ2n) is 6.29. The fourth-order valence-corrected chi connectivity index (χ4v) is 3.43. The number of hydrogen-bond acceptors (Lipinski definition) is 5. The summed E-state index contributed by atoms with van der Waals surface area (Å²) in [6.07, 6.45) is 1.86. The van der Waals surface area contributed by atoms with Crippen LogP contribution in [0.3, 0.4) is 0 Å². The van der Waals surface area contributed by atoms with Crippen LogP contribution in [0.5, 0.6) is 0 Å². The molecule has 1 aliphatic carbocycles. The molecule has 1 saturated heterocycles. The van der Waals surface area contributed by atoms with Crippen molar-refractivity contribution in [3.63, 3.8) is 0 Å². The molecule has 0 spiro atoms. The van der Waals surface area contributed by atoms with Gasteiger partial charge in [0.2, 0.25) is 5.78 Å². The molecule has 2 aliphatic rings. The molecule has 1 N–H and O–H groups in total. The van der Waals surface area contributed by atoms with E-state index in [1.165, 1.54) is 0 Å². The molecule has 1 aliphatic heterocycles. The number of hydrogen-bond donors (Lipinski definition) is 1. The van der Waals surface area contributed by atoms with Gasteiger partial charge in [0.05, 0.1) is 17.2 Å². The average Bonchev–Trinajstić information content (AvgIpc) is 3.25. The lowest BCUT2D eigenvalue weighted by atomic mass is 9.86. The molecule has 0 unspecified atom stereocenters. The van der Waals surface area contributed by atoms with Crippen molar-refractivity contribution in [3.05, 3.63) is 58.0 Å². The number of furan rings is 1. The number of amides is 1. The summed E-state index contributed by atoms with van der Waals surface area (Å²) < 4.78 is 11.0. The van der Waals surface area contributed by atoms with E-state index in [0.29, 0.717) is 24.3 Å². The smallest absolute Gasteiger partial charge is 0.255 e. The molecule has 1 aromatic carbocycles. The van der Waals surface area contributed by atoms with Gasteiger partial charge in [0.1, 0.15) is 5.76 Å². The van der Waals surface area contributed by atoms with Crippen molar-refractivity contribution in [3.8, 4) is 0 Å². The van der Waals surface area contributed by atoms with Crippen molar-refractivity contribution in [2.45, 2.75) is 25.9 Å². The van der Waals surface area contributed by atoms with Gasteiger partial charge < -0.3 is 14.5 Å². The minimum atomic E-state index is -0.418. The van der Waals surface area contributed by atoms with Crippen molar-refractivity contribution in [2.24, 2.45) is 0 Å². The number of aryl methyl sites for hydroxylation is 1. The Morgan fingerprint density at radius 2 is 1.92 bits per heavy atom. The van der Waals surface area contributed by atoms with Crippen molar-refractivity contribution in [2.75, 3.05) is 13.2 Å². The maximum Gasteiger partial charge on any atom is 0.255 e. The lowest BCUT2D eigenvalue weighted by molar-refractivity contribution is 0.0852. The Kier molecular flexibility index (Phi) is 3.77. The van der Waals surface area contributed by atoms with Gasteiger partial charge in [-0.2, -0.15) is 0 Å². The summed E-state index contributed by atoms with van der Waals surface area (Å²) >= 11 is 0. The number of carbonyl (C=O) groups is 3. The molecule has 25 heavy (non-hydrogen) atoms. The minimum Gasteiger partial charge on any atom is -0.456 e. The Morgan fingerprint density at radius 3 is 2.60 bits per heavy atom. The number of fused-ring (bicyclic) bond motifs is 2. The molecule has 6 heteroatoms. The van der Waals surface area contributed by atoms with E-state index >= 15 is 0 Å². The molecular weight excluding hydrogens is 322 g/mol. The first kappa shape index (κ1) is 15.8. The van der Waals surface area contributed by atoms with E-state index in [0.717, 1.165) is 12.8 Å². The Balaban J connectivity index is 1.69. The first-order valence-corrected chi connectivity index (χ1v) is 8.29.